The summed E-state index contributed by atoms with van der Waals surface area (Å²) in [7, 11) is 1.64. The van der Waals surface area contributed by atoms with Gasteiger partial charge >= 0.3 is 0 Å². The van der Waals surface area contributed by atoms with Crippen LogP contribution in [-0.4, -0.2) is 25.2 Å². The molecule has 2 unspecified atom stereocenters. The third-order valence-electron chi connectivity index (χ3n) is 4.00. The maximum atomic E-state index is 6.14. The highest BCUT2D eigenvalue weighted by atomic mass is 35.5. The molecule has 98 valence electrons. The molecule has 1 aromatic carbocycles. The molecule has 2 aliphatic rings. The van der Waals surface area contributed by atoms with Crippen LogP contribution >= 0.6 is 11.6 Å². The summed E-state index contributed by atoms with van der Waals surface area (Å²) in [6, 6.07) is 7.87. The normalized spacial score (nSPS) is 30.2. The van der Waals surface area contributed by atoms with E-state index < -0.39 is 0 Å². The Morgan fingerprint density at radius 3 is 2.61 bits per heavy atom. The van der Waals surface area contributed by atoms with Gasteiger partial charge in [-0.1, -0.05) is 11.6 Å². The number of benzene rings is 1. The zero-order valence-corrected chi connectivity index (χ0v) is 11.3. The first kappa shape index (κ1) is 12.1. The van der Waals surface area contributed by atoms with Crippen molar-refractivity contribution in [1.29, 1.82) is 0 Å². The van der Waals surface area contributed by atoms with Crippen LogP contribution in [0.2, 0.25) is 5.02 Å². The summed E-state index contributed by atoms with van der Waals surface area (Å²) in [4.78, 5) is 0. The van der Waals surface area contributed by atoms with Gasteiger partial charge in [-0.2, -0.15) is 0 Å². The maximum Gasteiger partial charge on any atom is 0.137 e. The Morgan fingerprint density at radius 1 is 1.28 bits per heavy atom. The molecule has 0 amide bonds. The SMILES string of the molecule is COc1ccc(NC2CC3CCC(C2)N3)cc1Cl. The van der Waals surface area contributed by atoms with Gasteiger partial charge in [0.1, 0.15) is 5.75 Å². The Labute approximate surface area is 113 Å². The first-order chi connectivity index (χ1) is 8.74. The average molecular weight is 267 g/mol. The summed E-state index contributed by atoms with van der Waals surface area (Å²) in [5.74, 6) is 0.729. The van der Waals surface area contributed by atoms with E-state index in [1.165, 1.54) is 25.7 Å². The largest absolute Gasteiger partial charge is 0.495 e. The number of anilines is 1. The minimum atomic E-state index is 0.563. The lowest BCUT2D eigenvalue weighted by molar-refractivity contribution is 0.378. The molecular weight excluding hydrogens is 248 g/mol. The molecule has 4 heteroatoms. The van der Waals surface area contributed by atoms with Crippen molar-refractivity contribution in [2.75, 3.05) is 12.4 Å². The molecule has 2 fully saturated rings. The topological polar surface area (TPSA) is 33.3 Å². The second kappa shape index (κ2) is 4.98. The molecule has 0 aliphatic carbocycles. The van der Waals surface area contributed by atoms with Crippen LogP contribution in [0.15, 0.2) is 18.2 Å². The van der Waals surface area contributed by atoms with Crippen molar-refractivity contribution in [3.05, 3.63) is 23.2 Å². The van der Waals surface area contributed by atoms with E-state index >= 15 is 0 Å². The minimum Gasteiger partial charge on any atom is -0.495 e. The van der Waals surface area contributed by atoms with E-state index in [9.17, 15) is 0 Å². The first-order valence-electron chi connectivity index (χ1n) is 6.60. The summed E-state index contributed by atoms with van der Waals surface area (Å²) in [5.41, 5.74) is 1.09. The van der Waals surface area contributed by atoms with Crippen molar-refractivity contribution in [1.82, 2.24) is 5.32 Å². The molecular formula is C14H19ClN2O. The predicted octanol–water partition coefficient (Wildman–Crippen LogP) is 3.04. The lowest BCUT2D eigenvalue weighted by Crippen LogP contribution is -2.43. The summed E-state index contributed by atoms with van der Waals surface area (Å²) < 4.78 is 5.16. The number of methoxy groups -OCH3 is 1. The summed E-state index contributed by atoms with van der Waals surface area (Å²) in [6.07, 6.45) is 5.07. The molecule has 2 saturated heterocycles. The number of halogens is 1. The van der Waals surface area contributed by atoms with Crippen LogP contribution in [0.3, 0.4) is 0 Å². The molecule has 2 N–H and O–H groups in total. The van der Waals surface area contributed by atoms with E-state index in [0.29, 0.717) is 23.1 Å². The Kier molecular flexibility index (Phi) is 3.35. The van der Waals surface area contributed by atoms with E-state index in [0.717, 1.165) is 11.4 Å². The Morgan fingerprint density at radius 2 is 2.00 bits per heavy atom. The smallest absolute Gasteiger partial charge is 0.137 e. The fourth-order valence-electron chi connectivity index (χ4n) is 3.17. The van der Waals surface area contributed by atoms with E-state index in [-0.39, 0.29) is 0 Å². The fourth-order valence-corrected chi connectivity index (χ4v) is 3.42. The number of piperidine rings is 1. The van der Waals surface area contributed by atoms with Crippen LogP contribution in [0, 0.1) is 0 Å². The summed E-state index contributed by atoms with van der Waals surface area (Å²) in [6.45, 7) is 0. The van der Waals surface area contributed by atoms with Gasteiger partial charge < -0.3 is 15.4 Å². The fraction of sp³-hybridized carbons (Fsp3) is 0.571. The molecule has 3 rings (SSSR count). The molecule has 18 heavy (non-hydrogen) atoms. The molecule has 0 aromatic heterocycles. The second-order valence-corrected chi connectivity index (χ2v) is 5.71. The number of rotatable bonds is 3. The number of fused-ring (bicyclic) bond motifs is 2. The van der Waals surface area contributed by atoms with Gasteiger partial charge in [0.05, 0.1) is 12.1 Å². The number of hydrogen-bond acceptors (Lipinski definition) is 3. The molecule has 1 aromatic rings. The Balaban J connectivity index is 1.67. The lowest BCUT2D eigenvalue weighted by Gasteiger charge is -2.30. The molecule has 2 bridgehead atoms. The molecule has 0 radical (unpaired) electrons. The van der Waals surface area contributed by atoms with Crippen LogP contribution in [0.25, 0.3) is 0 Å². The van der Waals surface area contributed by atoms with Crippen LogP contribution < -0.4 is 15.4 Å². The van der Waals surface area contributed by atoms with Gasteiger partial charge in [-0.15, -0.1) is 0 Å². The van der Waals surface area contributed by atoms with Gasteiger partial charge in [0.15, 0.2) is 0 Å². The van der Waals surface area contributed by atoms with Gasteiger partial charge in [-0.3, -0.25) is 0 Å². The highest BCUT2D eigenvalue weighted by Crippen LogP contribution is 2.31. The molecule has 2 atom stereocenters. The van der Waals surface area contributed by atoms with Crippen molar-refractivity contribution >= 4 is 17.3 Å². The van der Waals surface area contributed by atoms with Gasteiger partial charge in [0, 0.05) is 23.8 Å². The maximum absolute atomic E-state index is 6.14. The number of hydrogen-bond donors (Lipinski definition) is 2. The summed E-state index contributed by atoms with van der Waals surface area (Å²) in [5, 5.41) is 7.91. The van der Waals surface area contributed by atoms with Crippen LogP contribution in [0.1, 0.15) is 25.7 Å². The van der Waals surface area contributed by atoms with Crippen molar-refractivity contribution < 1.29 is 4.74 Å². The van der Waals surface area contributed by atoms with Gasteiger partial charge in [0.25, 0.3) is 0 Å². The van der Waals surface area contributed by atoms with E-state index in [4.69, 9.17) is 16.3 Å². The zero-order chi connectivity index (χ0) is 12.5. The van der Waals surface area contributed by atoms with E-state index in [1.54, 1.807) is 7.11 Å². The quantitative estimate of drug-likeness (QED) is 0.882. The number of ether oxygens (including phenoxy) is 1. The second-order valence-electron chi connectivity index (χ2n) is 5.30. The van der Waals surface area contributed by atoms with E-state index in [2.05, 4.69) is 10.6 Å². The van der Waals surface area contributed by atoms with Gasteiger partial charge in [0.2, 0.25) is 0 Å². The van der Waals surface area contributed by atoms with Crippen molar-refractivity contribution in [3.63, 3.8) is 0 Å². The zero-order valence-electron chi connectivity index (χ0n) is 10.6. The molecule has 2 aliphatic heterocycles. The highest BCUT2D eigenvalue weighted by Gasteiger charge is 2.33. The molecule has 2 heterocycles. The van der Waals surface area contributed by atoms with Gasteiger partial charge in [-0.05, 0) is 43.9 Å². The van der Waals surface area contributed by atoms with Crippen molar-refractivity contribution in [3.8, 4) is 5.75 Å². The monoisotopic (exact) mass is 266 g/mol. The van der Waals surface area contributed by atoms with Gasteiger partial charge in [-0.25, -0.2) is 0 Å². The Hall–Kier alpha value is -0.930. The average Bonchev–Trinajstić information content (AvgIpc) is 2.69. The summed E-state index contributed by atoms with van der Waals surface area (Å²) >= 11 is 6.14. The number of nitrogens with one attached hydrogen (secondary N) is 2. The van der Waals surface area contributed by atoms with E-state index in [1.807, 2.05) is 18.2 Å². The third kappa shape index (κ3) is 2.43. The predicted molar refractivity (Wildman–Crippen MR) is 74.6 cm³/mol. The lowest BCUT2D eigenvalue weighted by atomic mass is 9.99. The Bertz CT molecular complexity index is 426. The van der Waals surface area contributed by atoms with Crippen LogP contribution in [0.4, 0.5) is 5.69 Å². The molecule has 3 nitrogen and oxygen atoms in total. The molecule has 0 saturated carbocycles. The van der Waals surface area contributed by atoms with Crippen molar-refractivity contribution in [2.45, 2.75) is 43.8 Å². The first-order valence-corrected chi connectivity index (χ1v) is 6.98. The minimum absolute atomic E-state index is 0.563. The van der Waals surface area contributed by atoms with Crippen LogP contribution in [-0.2, 0) is 0 Å². The third-order valence-corrected chi connectivity index (χ3v) is 4.29. The van der Waals surface area contributed by atoms with Crippen LogP contribution in [0.5, 0.6) is 5.75 Å². The standard InChI is InChI=1S/C14H19ClN2O/c1-18-14-5-4-11(8-13(14)15)17-12-6-9-2-3-10(7-12)16-9/h4-5,8-10,12,16-17H,2-3,6-7H2,1H3. The van der Waals surface area contributed by atoms with Crippen molar-refractivity contribution in [2.24, 2.45) is 0 Å². The molecule has 0 spiro atoms. The highest BCUT2D eigenvalue weighted by molar-refractivity contribution is 6.32.